The zero-order chi connectivity index (χ0) is 14.1. The predicted octanol–water partition coefficient (Wildman–Crippen LogP) is 2.45. The highest BCUT2D eigenvalue weighted by Crippen LogP contribution is 2.28. The largest absolute Gasteiger partial charge is 0.335 e. The minimum absolute atomic E-state index is 0.352. The van der Waals surface area contributed by atoms with Crippen LogP contribution in [-0.4, -0.2) is 33.7 Å². The highest BCUT2D eigenvalue weighted by atomic mass is 79.9. The van der Waals surface area contributed by atoms with Gasteiger partial charge in [-0.2, -0.15) is 4.98 Å². The van der Waals surface area contributed by atoms with E-state index >= 15 is 0 Å². The first-order valence-corrected chi connectivity index (χ1v) is 7.99. The van der Waals surface area contributed by atoms with Crippen molar-refractivity contribution < 1.29 is 0 Å². The minimum atomic E-state index is 0.352. The molecule has 0 saturated carbocycles. The summed E-state index contributed by atoms with van der Waals surface area (Å²) < 4.78 is 2.78. The molecule has 2 N–H and O–H groups in total. The van der Waals surface area contributed by atoms with E-state index in [-0.39, 0.29) is 0 Å². The van der Waals surface area contributed by atoms with Gasteiger partial charge in [0, 0.05) is 25.3 Å². The van der Waals surface area contributed by atoms with E-state index in [1.54, 1.807) is 0 Å². The predicted molar refractivity (Wildman–Crippen MR) is 83.9 cm³/mol. The zero-order valence-electron chi connectivity index (χ0n) is 11.7. The van der Waals surface area contributed by atoms with Crippen molar-refractivity contribution >= 4 is 27.5 Å². The molecule has 0 amide bonds. The van der Waals surface area contributed by atoms with Crippen LogP contribution in [0.5, 0.6) is 0 Å². The lowest BCUT2D eigenvalue weighted by Gasteiger charge is -2.38. The van der Waals surface area contributed by atoms with Crippen LogP contribution >= 0.6 is 15.9 Å². The molecule has 108 valence electrons. The Balaban J connectivity index is 1.91. The molecular weight excluding hydrogens is 318 g/mol. The van der Waals surface area contributed by atoms with E-state index in [0.717, 1.165) is 35.0 Å². The topological polar surface area (TPSA) is 59.5 Å². The second-order valence-corrected chi connectivity index (χ2v) is 6.27. The average molecular weight is 338 g/mol. The van der Waals surface area contributed by atoms with Crippen molar-refractivity contribution in [3.63, 3.8) is 0 Å². The summed E-state index contributed by atoms with van der Waals surface area (Å²) in [6.45, 7) is 3.91. The zero-order valence-corrected chi connectivity index (χ0v) is 13.3. The van der Waals surface area contributed by atoms with E-state index in [0.29, 0.717) is 12.6 Å². The Hall–Kier alpha value is -1.14. The summed E-state index contributed by atoms with van der Waals surface area (Å²) in [6, 6.07) is 4.29. The van der Waals surface area contributed by atoms with E-state index in [1.807, 2.05) is 22.8 Å². The molecular formula is C14H20BrN5. The van der Waals surface area contributed by atoms with Gasteiger partial charge in [0.15, 0.2) is 5.65 Å². The molecule has 2 aromatic heterocycles. The van der Waals surface area contributed by atoms with Gasteiger partial charge in [-0.05, 0) is 46.8 Å². The van der Waals surface area contributed by atoms with Crippen molar-refractivity contribution in [3.8, 4) is 0 Å². The molecule has 6 heteroatoms. The van der Waals surface area contributed by atoms with Gasteiger partial charge in [0.25, 0.3) is 0 Å². The summed E-state index contributed by atoms with van der Waals surface area (Å²) in [5.41, 5.74) is 6.82. The van der Waals surface area contributed by atoms with Gasteiger partial charge in [-0.25, -0.2) is 4.52 Å². The molecule has 3 rings (SSSR count). The summed E-state index contributed by atoms with van der Waals surface area (Å²) in [4.78, 5) is 6.93. The number of nitrogens with two attached hydrogens (primary N) is 1. The Morgan fingerprint density at radius 2 is 2.35 bits per heavy atom. The minimum Gasteiger partial charge on any atom is -0.335 e. The van der Waals surface area contributed by atoms with Gasteiger partial charge in [0.1, 0.15) is 0 Å². The maximum Gasteiger partial charge on any atom is 0.246 e. The van der Waals surface area contributed by atoms with Crippen molar-refractivity contribution in [1.82, 2.24) is 14.6 Å². The molecule has 0 spiro atoms. The first-order valence-electron chi connectivity index (χ1n) is 7.20. The van der Waals surface area contributed by atoms with E-state index in [9.17, 15) is 0 Å². The van der Waals surface area contributed by atoms with E-state index in [2.05, 4.69) is 37.8 Å². The van der Waals surface area contributed by atoms with Crippen LogP contribution in [-0.2, 0) is 0 Å². The lowest BCUT2D eigenvalue weighted by Crippen LogP contribution is -2.47. The molecule has 0 bridgehead atoms. The third-order valence-corrected chi connectivity index (χ3v) is 4.85. The molecule has 1 saturated heterocycles. The van der Waals surface area contributed by atoms with Crippen molar-refractivity contribution in [1.29, 1.82) is 0 Å². The molecule has 3 heterocycles. The summed E-state index contributed by atoms with van der Waals surface area (Å²) >= 11 is 3.52. The van der Waals surface area contributed by atoms with Crippen LogP contribution in [0.25, 0.3) is 5.65 Å². The molecule has 0 aromatic carbocycles. The standard InChI is InChI=1S/C14H20BrN5/c1-2-10-5-7-19(11(8-10)9-16)14-17-13-12(15)4-3-6-20(13)18-14/h3-4,6,10-11H,2,5,7-9,16H2,1H3. The number of anilines is 1. The number of hydrogen-bond acceptors (Lipinski definition) is 4. The lowest BCUT2D eigenvalue weighted by atomic mass is 9.89. The van der Waals surface area contributed by atoms with Gasteiger partial charge in [0.2, 0.25) is 5.95 Å². The summed E-state index contributed by atoms with van der Waals surface area (Å²) in [7, 11) is 0. The number of halogens is 1. The highest BCUT2D eigenvalue weighted by Gasteiger charge is 2.29. The summed E-state index contributed by atoms with van der Waals surface area (Å²) in [5, 5.41) is 4.59. The Labute approximate surface area is 127 Å². The number of piperidine rings is 1. The van der Waals surface area contributed by atoms with E-state index in [4.69, 9.17) is 5.73 Å². The quantitative estimate of drug-likeness (QED) is 0.934. The fourth-order valence-corrected chi connectivity index (χ4v) is 3.40. The van der Waals surface area contributed by atoms with Crippen LogP contribution in [0.3, 0.4) is 0 Å². The highest BCUT2D eigenvalue weighted by molar-refractivity contribution is 9.10. The van der Waals surface area contributed by atoms with E-state index < -0.39 is 0 Å². The molecule has 20 heavy (non-hydrogen) atoms. The maximum atomic E-state index is 5.96. The van der Waals surface area contributed by atoms with Crippen LogP contribution in [0.2, 0.25) is 0 Å². The second-order valence-electron chi connectivity index (χ2n) is 5.42. The monoisotopic (exact) mass is 337 g/mol. The van der Waals surface area contributed by atoms with Gasteiger partial charge in [0.05, 0.1) is 4.47 Å². The average Bonchev–Trinajstić information content (AvgIpc) is 2.92. The number of fused-ring (bicyclic) bond motifs is 1. The smallest absolute Gasteiger partial charge is 0.246 e. The van der Waals surface area contributed by atoms with E-state index in [1.165, 1.54) is 12.8 Å². The second kappa shape index (κ2) is 5.69. The first kappa shape index (κ1) is 13.8. The van der Waals surface area contributed by atoms with Crippen molar-refractivity contribution in [3.05, 3.63) is 22.8 Å². The van der Waals surface area contributed by atoms with Gasteiger partial charge in [-0.3, -0.25) is 0 Å². The Morgan fingerprint density at radius 3 is 3.05 bits per heavy atom. The fraction of sp³-hybridized carbons (Fsp3) is 0.571. The number of nitrogens with zero attached hydrogens (tertiary/aromatic N) is 4. The Morgan fingerprint density at radius 1 is 1.50 bits per heavy atom. The van der Waals surface area contributed by atoms with Crippen LogP contribution in [0, 0.1) is 5.92 Å². The van der Waals surface area contributed by atoms with Crippen LogP contribution in [0.4, 0.5) is 5.95 Å². The van der Waals surface area contributed by atoms with Crippen LogP contribution in [0.15, 0.2) is 22.8 Å². The molecule has 1 aliphatic rings. The van der Waals surface area contributed by atoms with Crippen LogP contribution < -0.4 is 10.6 Å². The van der Waals surface area contributed by atoms with Crippen LogP contribution in [0.1, 0.15) is 26.2 Å². The number of pyridine rings is 1. The Kier molecular flexibility index (Phi) is 3.94. The van der Waals surface area contributed by atoms with Gasteiger partial charge in [-0.15, -0.1) is 5.10 Å². The molecule has 2 atom stereocenters. The molecule has 2 unspecified atom stereocenters. The molecule has 1 aliphatic heterocycles. The van der Waals surface area contributed by atoms with Crippen molar-refractivity contribution in [2.75, 3.05) is 18.0 Å². The summed E-state index contributed by atoms with van der Waals surface area (Å²) in [6.07, 6.45) is 5.49. The molecule has 0 aliphatic carbocycles. The van der Waals surface area contributed by atoms with Crippen molar-refractivity contribution in [2.45, 2.75) is 32.2 Å². The summed E-state index contributed by atoms with van der Waals surface area (Å²) in [5.74, 6) is 1.57. The number of aromatic nitrogens is 3. The van der Waals surface area contributed by atoms with Crippen molar-refractivity contribution in [2.24, 2.45) is 11.7 Å². The first-order chi connectivity index (χ1) is 9.72. The lowest BCUT2D eigenvalue weighted by molar-refractivity contribution is 0.333. The maximum absolute atomic E-state index is 5.96. The molecule has 0 radical (unpaired) electrons. The third kappa shape index (κ3) is 2.42. The normalized spacial score (nSPS) is 23.4. The third-order valence-electron chi connectivity index (χ3n) is 4.23. The Bertz CT molecular complexity index is 596. The molecule has 2 aromatic rings. The molecule has 5 nitrogen and oxygen atoms in total. The fourth-order valence-electron chi connectivity index (χ4n) is 2.98. The SMILES string of the molecule is CCC1CCN(c2nc3c(Br)cccn3n2)C(CN)C1. The van der Waals surface area contributed by atoms with Gasteiger partial charge in [-0.1, -0.05) is 13.3 Å². The number of rotatable bonds is 3. The number of hydrogen-bond donors (Lipinski definition) is 1. The molecule has 1 fully saturated rings. The van der Waals surface area contributed by atoms with Gasteiger partial charge < -0.3 is 10.6 Å². The van der Waals surface area contributed by atoms with Gasteiger partial charge >= 0.3 is 0 Å².